The minimum absolute atomic E-state index is 0.572. The fourth-order valence-electron chi connectivity index (χ4n) is 3.02. The zero-order chi connectivity index (χ0) is 13.1. The summed E-state index contributed by atoms with van der Waals surface area (Å²) in [6.45, 7) is 5.11. The topological polar surface area (TPSA) is 55.0 Å². The van der Waals surface area contributed by atoms with Gasteiger partial charge >= 0.3 is 0 Å². The second-order valence-electron chi connectivity index (χ2n) is 5.59. The summed E-state index contributed by atoms with van der Waals surface area (Å²) in [5.74, 6) is 2.18. The molecule has 1 saturated carbocycles. The quantitative estimate of drug-likeness (QED) is 0.892. The zero-order valence-corrected chi connectivity index (χ0v) is 11.7. The third-order valence-electron chi connectivity index (χ3n) is 3.94. The number of rotatable bonds is 3. The van der Waals surface area contributed by atoms with Crippen LogP contribution in [0.1, 0.15) is 44.1 Å². The highest BCUT2D eigenvalue weighted by molar-refractivity contribution is 5.29. The van der Waals surface area contributed by atoms with Gasteiger partial charge in [0, 0.05) is 17.8 Å². The predicted octanol–water partition coefficient (Wildman–Crippen LogP) is 2.38. The molecule has 2 N–H and O–H groups in total. The molecule has 1 fully saturated rings. The Balaban J connectivity index is 2.03. The smallest absolute Gasteiger partial charge is 0.144 e. The van der Waals surface area contributed by atoms with Gasteiger partial charge in [0.15, 0.2) is 0 Å². The number of nitrogen functional groups attached to an aromatic ring is 1. The molecular formula is C14H24N4. The maximum atomic E-state index is 5.77. The van der Waals surface area contributed by atoms with Crippen molar-refractivity contribution in [3.8, 4) is 0 Å². The molecule has 1 aliphatic rings. The molecule has 0 saturated heterocycles. The summed E-state index contributed by atoms with van der Waals surface area (Å²) in [6, 6.07) is 2.47. The molecule has 0 bridgehead atoms. The Bertz CT molecular complexity index is 385. The van der Waals surface area contributed by atoms with Gasteiger partial charge in [-0.3, -0.25) is 4.90 Å². The van der Waals surface area contributed by atoms with Gasteiger partial charge in [-0.1, -0.05) is 19.8 Å². The van der Waals surface area contributed by atoms with Crippen molar-refractivity contribution in [2.45, 2.75) is 52.1 Å². The van der Waals surface area contributed by atoms with Gasteiger partial charge in [-0.15, -0.1) is 0 Å². The zero-order valence-electron chi connectivity index (χ0n) is 11.7. The first-order valence-corrected chi connectivity index (χ1v) is 6.86. The largest absolute Gasteiger partial charge is 0.384 e. The molecule has 0 aromatic carbocycles. The van der Waals surface area contributed by atoms with Gasteiger partial charge < -0.3 is 5.73 Å². The Morgan fingerprint density at radius 3 is 2.72 bits per heavy atom. The highest BCUT2D eigenvalue weighted by Gasteiger charge is 2.25. The molecule has 0 radical (unpaired) electrons. The van der Waals surface area contributed by atoms with Crippen LogP contribution in [0.5, 0.6) is 0 Å². The van der Waals surface area contributed by atoms with Crippen molar-refractivity contribution >= 4 is 5.82 Å². The maximum absolute atomic E-state index is 5.77. The molecule has 4 heteroatoms. The highest BCUT2D eigenvalue weighted by Crippen LogP contribution is 2.27. The standard InChI is InChI=1S/C14H24N4/c1-10-6-4-5-7-12(10)18(3)9-14-16-11(2)8-13(15)17-14/h8,10,12H,4-7,9H2,1-3H3,(H2,15,16,17). The molecule has 0 aliphatic heterocycles. The molecule has 2 unspecified atom stereocenters. The summed E-state index contributed by atoms with van der Waals surface area (Å²) in [6.07, 6.45) is 5.35. The molecule has 2 rings (SSSR count). The first-order valence-electron chi connectivity index (χ1n) is 6.86. The molecule has 1 heterocycles. The Morgan fingerprint density at radius 1 is 1.33 bits per heavy atom. The van der Waals surface area contributed by atoms with Crippen molar-refractivity contribution in [3.63, 3.8) is 0 Å². The van der Waals surface area contributed by atoms with Gasteiger partial charge in [-0.25, -0.2) is 9.97 Å². The highest BCUT2D eigenvalue weighted by atomic mass is 15.2. The van der Waals surface area contributed by atoms with Crippen LogP contribution in [0, 0.1) is 12.8 Å². The van der Waals surface area contributed by atoms with E-state index in [4.69, 9.17) is 5.73 Å². The average molecular weight is 248 g/mol. The first-order chi connectivity index (χ1) is 8.56. The van der Waals surface area contributed by atoms with E-state index in [0.29, 0.717) is 11.9 Å². The monoisotopic (exact) mass is 248 g/mol. The molecule has 100 valence electrons. The lowest BCUT2D eigenvalue weighted by molar-refractivity contribution is 0.130. The van der Waals surface area contributed by atoms with Crippen LogP contribution in [0.25, 0.3) is 0 Å². The number of nitrogens with two attached hydrogens (primary N) is 1. The third kappa shape index (κ3) is 3.19. The van der Waals surface area contributed by atoms with E-state index in [-0.39, 0.29) is 0 Å². The molecule has 4 nitrogen and oxygen atoms in total. The van der Waals surface area contributed by atoms with Crippen LogP contribution >= 0.6 is 0 Å². The summed E-state index contributed by atoms with van der Waals surface area (Å²) in [7, 11) is 2.17. The van der Waals surface area contributed by atoms with E-state index < -0.39 is 0 Å². The number of aryl methyl sites for hydroxylation is 1. The minimum Gasteiger partial charge on any atom is -0.384 e. The predicted molar refractivity (Wildman–Crippen MR) is 74.1 cm³/mol. The van der Waals surface area contributed by atoms with Gasteiger partial charge in [-0.2, -0.15) is 0 Å². The van der Waals surface area contributed by atoms with Crippen molar-refractivity contribution in [2.75, 3.05) is 12.8 Å². The normalized spacial score (nSPS) is 24.4. The lowest BCUT2D eigenvalue weighted by Crippen LogP contribution is -2.38. The molecule has 0 amide bonds. The minimum atomic E-state index is 0.572. The Hall–Kier alpha value is -1.16. The van der Waals surface area contributed by atoms with E-state index in [2.05, 4.69) is 28.8 Å². The number of hydrogen-bond acceptors (Lipinski definition) is 4. The number of aromatic nitrogens is 2. The second-order valence-corrected chi connectivity index (χ2v) is 5.59. The third-order valence-corrected chi connectivity index (χ3v) is 3.94. The van der Waals surface area contributed by atoms with Gasteiger partial charge in [-0.05, 0) is 32.7 Å². The fourth-order valence-corrected chi connectivity index (χ4v) is 3.02. The van der Waals surface area contributed by atoms with Crippen LogP contribution < -0.4 is 5.73 Å². The van der Waals surface area contributed by atoms with Crippen LogP contribution in [0.4, 0.5) is 5.82 Å². The molecule has 0 spiro atoms. The molecule has 2 atom stereocenters. The van der Waals surface area contributed by atoms with Crippen LogP contribution in [-0.4, -0.2) is 28.0 Å². The van der Waals surface area contributed by atoms with Crippen LogP contribution in [0.15, 0.2) is 6.07 Å². The maximum Gasteiger partial charge on any atom is 0.144 e. The SMILES string of the molecule is Cc1cc(N)nc(CN(C)C2CCCCC2C)n1. The first kappa shape index (κ1) is 13.3. The number of nitrogens with zero attached hydrogens (tertiary/aromatic N) is 3. The number of anilines is 1. The van der Waals surface area contributed by atoms with Crippen molar-refractivity contribution in [1.29, 1.82) is 0 Å². The summed E-state index contributed by atoms with van der Waals surface area (Å²) >= 11 is 0. The Labute approximate surface area is 110 Å². The Morgan fingerprint density at radius 2 is 2.06 bits per heavy atom. The van der Waals surface area contributed by atoms with Gasteiger partial charge in [0.05, 0.1) is 6.54 Å². The van der Waals surface area contributed by atoms with Crippen molar-refractivity contribution in [3.05, 3.63) is 17.6 Å². The van der Waals surface area contributed by atoms with E-state index in [1.807, 2.05) is 13.0 Å². The summed E-state index contributed by atoms with van der Waals surface area (Å²) in [4.78, 5) is 11.2. The van der Waals surface area contributed by atoms with Crippen LogP contribution in [0.3, 0.4) is 0 Å². The molecule has 18 heavy (non-hydrogen) atoms. The summed E-state index contributed by atoms with van der Waals surface area (Å²) in [5, 5.41) is 0. The average Bonchev–Trinajstić information content (AvgIpc) is 2.27. The molecule has 1 aliphatic carbocycles. The number of hydrogen-bond donors (Lipinski definition) is 1. The van der Waals surface area contributed by atoms with Gasteiger partial charge in [0.25, 0.3) is 0 Å². The van der Waals surface area contributed by atoms with E-state index in [9.17, 15) is 0 Å². The van der Waals surface area contributed by atoms with Gasteiger partial charge in [0.2, 0.25) is 0 Å². The molecule has 1 aromatic heterocycles. The van der Waals surface area contributed by atoms with E-state index in [1.165, 1.54) is 25.7 Å². The van der Waals surface area contributed by atoms with Crippen molar-refractivity contribution < 1.29 is 0 Å². The van der Waals surface area contributed by atoms with Crippen LogP contribution in [0.2, 0.25) is 0 Å². The fraction of sp³-hybridized carbons (Fsp3) is 0.714. The van der Waals surface area contributed by atoms with Gasteiger partial charge in [0.1, 0.15) is 11.6 Å². The van der Waals surface area contributed by atoms with E-state index >= 15 is 0 Å². The summed E-state index contributed by atoms with van der Waals surface area (Å²) < 4.78 is 0. The molecule has 1 aromatic rings. The van der Waals surface area contributed by atoms with Crippen molar-refractivity contribution in [2.24, 2.45) is 5.92 Å². The Kier molecular flexibility index (Phi) is 4.17. The molecular weight excluding hydrogens is 224 g/mol. The second kappa shape index (κ2) is 5.65. The van der Waals surface area contributed by atoms with E-state index in [0.717, 1.165) is 24.0 Å². The lowest BCUT2D eigenvalue weighted by atomic mass is 9.85. The van der Waals surface area contributed by atoms with Crippen molar-refractivity contribution in [1.82, 2.24) is 14.9 Å². The van der Waals surface area contributed by atoms with Crippen LogP contribution in [-0.2, 0) is 6.54 Å². The lowest BCUT2D eigenvalue weighted by Gasteiger charge is -2.35. The summed E-state index contributed by atoms with van der Waals surface area (Å²) in [5.41, 5.74) is 6.72. The van der Waals surface area contributed by atoms with E-state index in [1.54, 1.807) is 0 Å².